The number of benzene rings is 2. The van der Waals surface area contributed by atoms with Crippen molar-refractivity contribution >= 4 is 15.5 Å². The normalized spacial score (nSPS) is 21.6. The number of likely N-dealkylation sites (tertiary alicyclic amines) is 1. The van der Waals surface area contributed by atoms with Crippen LogP contribution in [0.3, 0.4) is 0 Å². The molecule has 2 fully saturated rings. The summed E-state index contributed by atoms with van der Waals surface area (Å²) >= 11 is 0. The van der Waals surface area contributed by atoms with Crippen molar-refractivity contribution in [1.29, 1.82) is 0 Å². The van der Waals surface area contributed by atoms with Gasteiger partial charge >= 0.3 is 6.18 Å². The van der Waals surface area contributed by atoms with Crippen LogP contribution in [0.1, 0.15) is 24.4 Å². The minimum absolute atomic E-state index is 0.130. The van der Waals surface area contributed by atoms with Crippen LogP contribution in [0.25, 0.3) is 0 Å². The van der Waals surface area contributed by atoms with E-state index in [1.165, 1.54) is 16.7 Å². The number of piperazine rings is 1. The van der Waals surface area contributed by atoms with Crippen molar-refractivity contribution in [1.82, 2.24) is 9.80 Å². The van der Waals surface area contributed by atoms with Crippen LogP contribution >= 0.6 is 0 Å². The molecule has 34 heavy (non-hydrogen) atoms. The summed E-state index contributed by atoms with van der Waals surface area (Å²) in [4.78, 5) is 6.51. The molecule has 0 amide bonds. The highest BCUT2D eigenvalue weighted by molar-refractivity contribution is 7.90. The Morgan fingerprint density at radius 2 is 1.65 bits per heavy atom. The van der Waals surface area contributed by atoms with Crippen LogP contribution in [0.4, 0.5) is 18.9 Å². The third-order valence-electron chi connectivity index (χ3n) is 6.89. The second kappa shape index (κ2) is 10.3. The number of hydrogen-bond donors (Lipinski definition) is 0. The smallest absolute Gasteiger partial charge is 0.368 e. The number of halogens is 3. The van der Waals surface area contributed by atoms with Crippen LogP contribution < -0.4 is 4.90 Å². The van der Waals surface area contributed by atoms with Gasteiger partial charge in [-0.25, -0.2) is 8.42 Å². The average Bonchev–Trinajstić information content (AvgIpc) is 2.80. The van der Waals surface area contributed by atoms with Crippen molar-refractivity contribution in [3.8, 4) is 0 Å². The van der Waals surface area contributed by atoms with Crippen LogP contribution in [0.5, 0.6) is 0 Å². The van der Waals surface area contributed by atoms with E-state index in [1.807, 2.05) is 24.3 Å². The zero-order chi connectivity index (χ0) is 24.3. The molecule has 0 bridgehead atoms. The maximum Gasteiger partial charge on any atom is 0.401 e. The molecule has 4 rings (SSSR count). The Labute approximate surface area is 200 Å². The number of sulfone groups is 1. The number of hydrogen-bond acceptors (Lipinski definition) is 5. The molecular formula is C25H32F3N3O2S. The van der Waals surface area contributed by atoms with Gasteiger partial charge in [-0.3, -0.25) is 9.80 Å². The van der Waals surface area contributed by atoms with E-state index in [0.29, 0.717) is 23.9 Å². The molecule has 2 aliphatic rings. The first kappa shape index (κ1) is 25.0. The standard InChI is InChI=1S/C25H32F3N3O2S/c1-34(32,33)23-9-5-8-22(16-23)30-14-15-31(24(18-30)21-6-3-2-4-7-21)17-20-10-12-29(13-11-20)19-25(26,27)28/h2-9,16,20,24H,10-15,17-19H2,1H3. The quantitative estimate of drug-likeness (QED) is 0.600. The monoisotopic (exact) mass is 495 g/mol. The predicted molar refractivity (Wildman–Crippen MR) is 128 cm³/mol. The van der Waals surface area contributed by atoms with Crippen molar-refractivity contribution in [3.05, 3.63) is 60.2 Å². The van der Waals surface area contributed by atoms with Crippen molar-refractivity contribution in [3.63, 3.8) is 0 Å². The molecule has 186 valence electrons. The second-order valence-electron chi connectivity index (χ2n) is 9.47. The Balaban J connectivity index is 1.46. The van der Waals surface area contributed by atoms with Crippen molar-refractivity contribution in [2.24, 2.45) is 5.92 Å². The first-order valence-corrected chi connectivity index (χ1v) is 13.6. The predicted octanol–water partition coefficient (Wildman–Crippen LogP) is 4.23. The van der Waals surface area contributed by atoms with Crippen molar-refractivity contribution in [2.45, 2.75) is 30.0 Å². The molecule has 0 aromatic heterocycles. The Hall–Kier alpha value is -2.10. The fourth-order valence-corrected chi connectivity index (χ4v) is 5.75. The van der Waals surface area contributed by atoms with Gasteiger partial charge in [-0.1, -0.05) is 36.4 Å². The van der Waals surface area contributed by atoms with Crippen LogP contribution in [0, 0.1) is 5.92 Å². The molecular weight excluding hydrogens is 463 g/mol. The third-order valence-corrected chi connectivity index (χ3v) is 8.00. The largest absolute Gasteiger partial charge is 0.401 e. The molecule has 0 aliphatic carbocycles. The van der Waals surface area contributed by atoms with Gasteiger partial charge in [0.05, 0.1) is 17.5 Å². The molecule has 0 saturated carbocycles. The van der Waals surface area contributed by atoms with Crippen molar-refractivity contribution < 1.29 is 21.6 Å². The summed E-state index contributed by atoms with van der Waals surface area (Å²) in [5, 5.41) is 0. The number of alkyl halides is 3. The molecule has 2 aromatic carbocycles. The maximum absolute atomic E-state index is 12.7. The fraction of sp³-hybridized carbons (Fsp3) is 0.520. The Morgan fingerprint density at radius 3 is 2.29 bits per heavy atom. The maximum atomic E-state index is 12.7. The van der Waals surface area contributed by atoms with Gasteiger partial charge in [-0.15, -0.1) is 0 Å². The lowest BCUT2D eigenvalue weighted by atomic mass is 9.93. The first-order valence-electron chi connectivity index (χ1n) is 11.7. The Kier molecular flexibility index (Phi) is 7.54. The Bertz CT molecular complexity index is 1050. The summed E-state index contributed by atoms with van der Waals surface area (Å²) in [7, 11) is -3.29. The van der Waals surface area contributed by atoms with Gasteiger partial charge < -0.3 is 4.90 Å². The van der Waals surface area contributed by atoms with Crippen LogP contribution in [0.2, 0.25) is 0 Å². The second-order valence-corrected chi connectivity index (χ2v) is 11.5. The molecule has 1 unspecified atom stereocenters. The van der Waals surface area contributed by atoms with E-state index in [4.69, 9.17) is 0 Å². The van der Waals surface area contributed by atoms with E-state index < -0.39 is 22.6 Å². The van der Waals surface area contributed by atoms with E-state index in [0.717, 1.165) is 44.7 Å². The highest BCUT2D eigenvalue weighted by atomic mass is 32.2. The highest BCUT2D eigenvalue weighted by Gasteiger charge is 2.34. The SMILES string of the molecule is CS(=O)(=O)c1cccc(N2CCN(CC3CCN(CC(F)(F)F)CC3)C(c3ccccc3)C2)c1. The summed E-state index contributed by atoms with van der Waals surface area (Å²) in [5.41, 5.74) is 2.09. The van der Waals surface area contributed by atoms with E-state index in [9.17, 15) is 21.6 Å². The lowest BCUT2D eigenvalue weighted by Crippen LogP contribution is -2.51. The average molecular weight is 496 g/mol. The lowest BCUT2D eigenvalue weighted by Gasteiger charge is -2.45. The summed E-state index contributed by atoms with van der Waals surface area (Å²) in [6, 6.07) is 17.5. The van der Waals surface area contributed by atoms with Gasteiger partial charge in [0.25, 0.3) is 0 Å². The van der Waals surface area contributed by atoms with Crippen molar-refractivity contribution in [2.75, 3.05) is 57.0 Å². The number of piperidine rings is 1. The van der Waals surface area contributed by atoms with E-state index >= 15 is 0 Å². The van der Waals surface area contributed by atoms with Crippen LogP contribution in [-0.4, -0.2) is 76.5 Å². The van der Waals surface area contributed by atoms with Gasteiger partial charge in [0.2, 0.25) is 0 Å². The zero-order valence-electron chi connectivity index (χ0n) is 19.4. The van der Waals surface area contributed by atoms with E-state index in [-0.39, 0.29) is 6.04 Å². The molecule has 2 heterocycles. The van der Waals surface area contributed by atoms with Gasteiger partial charge in [0.1, 0.15) is 0 Å². The number of rotatable bonds is 6. The third kappa shape index (κ3) is 6.52. The van der Waals surface area contributed by atoms with Crippen LogP contribution in [0.15, 0.2) is 59.5 Å². The summed E-state index contributed by atoms with van der Waals surface area (Å²) < 4.78 is 62.3. The summed E-state index contributed by atoms with van der Waals surface area (Å²) in [6.07, 6.45) is -1.38. The molecule has 2 saturated heterocycles. The molecule has 1 atom stereocenters. The lowest BCUT2D eigenvalue weighted by molar-refractivity contribution is -0.148. The number of nitrogens with zero attached hydrogens (tertiary/aromatic N) is 3. The van der Waals surface area contributed by atoms with Gasteiger partial charge in [-0.05, 0) is 55.6 Å². The van der Waals surface area contributed by atoms with E-state index in [2.05, 4.69) is 21.9 Å². The molecule has 2 aliphatic heterocycles. The van der Waals surface area contributed by atoms with Gasteiger partial charge in [0, 0.05) is 38.1 Å². The summed E-state index contributed by atoms with van der Waals surface area (Å²) in [5.74, 6) is 0.371. The molecule has 5 nitrogen and oxygen atoms in total. The molecule has 0 radical (unpaired) electrons. The van der Waals surface area contributed by atoms with Gasteiger partial charge in [0.15, 0.2) is 9.84 Å². The zero-order valence-corrected chi connectivity index (χ0v) is 20.2. The van der Waals surface area contributed by atoms with Crippen LogP contribution in [-0.2, 0) is 9.84 Å². The minimum Gasteiger partial charge on any atom is -0.368 e. The Morgan fingerprint density at radius 1 is 0.941 bits per heavy atom. The first-order chi connectivity index (χ1) is 16.1. The topological polar surface area (TPSA) is 43.9 Å². The molecule has 0 spiro atoms. The van der Waals surface area contributed by atoms with E-state index in [1.54, 1.807) is 18.2 Å². The number of anilines is 1. The highest BCUT2D eigenvalue weighted by Crippen LogP contribution is 2.32. The minimum atomic E-state index is -4.14. The molecule has 0 N–H and O–H groups in total. The fourth-order valence-electron chi connectivity index (χ4n) is 5.09. The molecule has 2 aromatic rings. The van der Waals surface area contributed by atoms with Gasteiger partial charge in [-0.2, -0.15) is 13.2 Å². The molecule has 9 heteroatoms. The summed E-state index contributed by atoms with van der Waals surface area (Å²) in [6.45, 7) is 3.31.